The van der Waals surface area contributed by atoms with E-state index in [-0.39, 0.29) is 11.4 Å². The quantitative estimate of drug-likeness (QED) is 0.808. The molecule has 0 aliphatic rings. The second kappa shape index (κ2) is 7.01. The zero-order chi connectivity index (χ0) is 16.2. The molecular weight excluding hydrogens is 337 g/mol. The fraction of sp³-hybridized carbons (Fsp3) is 0.231. The normalized spacial score (nSPS) is 11.4. The first-order valence-electron chi connectivity index (χ1n) is 6.01. The minimum absolute atomic E-state index is 0.0488. The van der Waals surface area contributed by atoms with E-state index in [2.05, 4.69) is 10.3 Å². The minimum Gasteiger partial charge on any atom is -0.506 e. The average molecular weight is 348 g/mol. The fourth-order valence-electron chi connectivity index (χ4n) is 1.56. The summed E-state index contributed by atoms with van der Waals surface area (Å²) in [6.07, 6.45) is -4.54. The topological polar surface area (TPSA) is 62.2 Å². The number of nitrogens with zero attached hydrogens (tertiary/aromatic N) is 1. The van der Waals surface area contributed by atoms with Crippen LogP contribution in [0.4, 0.5) is 18.9 Å². The van der Waals surface area contributed by atoms with Gasteiger partial charge in [0.05, 0.1) is 28.2 Å². The molecule has 0 aliphatic heterocycles. The predicted octanol–water partition coefficient (Wildman–Crippen LogP) is 3.74. The zero-order valence-electron chi connectivity index (χ0n) is 11.1. The number of aromatic hydroxyl groups is 1. The summed E-state index contributed by atoms with van der Waals surface area (Å²) in [4.78, 5) is 15.8. The summed E-state index contributed by atoms with van der Waals surface area (Å²) in [5.41, 5.74) is 1.32. The molecule has 9 heteroatoms. The van der Waals surface area contributed by atoms with Gasteiger partial charge in [0, 0.05) is 11.1 Å². The molecule has 0 radical (unpaired) electrons. The van der Waals surface area contributed by atoms with Crippen molar-refractivity contribution in [1.29, 1.82) is 0 Å². The number of benzene rings is 1. The first kappa shape index (κ1) is 16.6. The van der Waals surface area contributed by atoms with Crippen molar-refractivity contribution in [3.05, 3.63) is 40.3 Å². The number of amides is 1. The lowest BCUT2D eigenvalue weighted by molar-refractivity contribution is -0.137. The lowest BCUT2D eigenvalue weighted by Gasteiger charge is -2.11. The molecule has 2 N–H and O–H groups in total. The van der Waals surface area contributed by atoms with E-state index < -0.39 is 23.4 Å². The van der Waals surface area contributed by atoms with Crippen LogP contribution < -0.4 is 5.32 Å². The number of hydrogen-bond donors (Lipinski definition) is 2. The van der Waals surface area contributed by atoms with Gasteiger partial charge in [0.25, 0.3) is 0 Å². The standard InChI is InChI=1S/C13H11F3N2O2S2/c14-13(15,16)8-1-2-11(19)10(3-8)18-12(20)6-21-4-9-5-22-7-17-9/h1-3,5,7,19H,4,6H2,(H,18,20). The molecule has 0 saturated carbocycles. The molecule has 0 unspecified atom stereocenters. The van der Waals surface area contributed by atoms with Crippen LogP contribution in [-0.2, 0) is 16.7 Å². The average Bonchev–Trinajstić information content (AvgIpc) is 2.93. The Morgan fingerprint density at radius 1 is 1.41 bits per heavy atom. The van der Waals surface area contributed by atoms with Crippen LogP contribution in [0.25, 0.3) is 0 Å². The van der Waals surface area contributed by atoms with Gasteiger partial charge < -0.3 is 10.4 Å². The Balaban J connectivity index is 1.93. The number of anilines is 1. The summed E-state index contributed by atoms with van der Waals surface area (Å²) in [5.74, 6) is -0.320. The SMILES string of the molecule is O=C(CSCc1cscn1)Nc1cc(C(F)(F)F)ccc1O. The van der Waals surface area contributed by atoms with Gasteiger partial charge in [0.2, 0.25) is 5.91 Å². The van der Waals surface area contributed by atoms with E-state index >= 15 is 0 Å². The summed E-state index contributed by atoms with van der Waals surface area (Å²) < 4.78 is 37.8. The number of carbonyl (C=O) groups is 1. The molecule has 118 valence electrons. The van der Waals surface area contributed by atoms with Crippen LogP contribution in [0.2, 0.25) is 0 Å². The molecule has 0 atom stereocenters. The molecule has 1 aromatic heterocycles. The summed E-state index contributed by atoms with van der Waals surface area (Å²) in [5, 5.41) is 13.7. The lowest BCUT2D eigenvalue weighted by Crippen LogP contribution is -2.15. The van der Waals surface area contributed by atoms with E-state index in [1.54, 1.807) is 5.51 Å². The molecule has 1 heterocycles. The van der Waals surface area contributed by atoms with Gasteiger partial charge in [-0.3, -0.25) is 4.79 Å². The van der Waals surface area contributed by atoms with Gasteiger partial charge in [0.15, 0.2) is 0 Å². The van der Waals surface area contributed by atoms with Gasteiger partial charge in [-0.2, -0.15) is 13.2 Å². The molecule has 2 rings (SSSR count). The van der Waals surface area contributed by atoms with Gasteiger partial charge in [-0.15, -0.1) is 23.1 Å². The van der Waals surface area contributed by atoms with Crippen LogP contribution in [0, 0.1) is 0 Å². The van der Waals surface area contributed by atoms with Crippen LogP contribution >= 0.6 is 23.1 Å². The number of thioether (sulfide) groups is 1. The smallest absolute Gasteiger partial charge is 0.416 e. The Morgan fingerprint density at radius 2 is 2.18 bits per heavy atom. The van der Waals surface area contributed by atoms with Crippen LogP contribution in [0.3, 0.4) is 0 Å². The number of hydrogen-bond acceptors (Lipinski definition) is 5. The molecule has 4 nitrogen and oxygen atoms in total. The number of halogens is 3. The Hall–Kier alpha value is -1.74. The van der Waals surface area contributed by atoms with Crippen molar-refractivity contribution in [3.8, 4) is 5.75 Å². The van der Waals surface area contributed by atoms with E-state index in [4.69, 9.17) is 0 Å². The number of phenolic OH excluding ortho intramolecular Hbond substituents is 1. The van der Waals surface area contributed by atoms with Crippen molar-refractivity contribution >= 4 is 34.7 Å². The van der Waals surface area contributed by atoms with Crippen LogP contribution in [0.1, 0.15) is 11.3 Å². The number of aromatic nitrogens is 1. The number of phenols is 1. The third-order valence-corrected chi connectivity index (χ3v) is 4.17. The highest BCUT2D eigenvalue weighted by Gasteiger charge is 2.31. The van der Waals surface area contributed by atoms with Gasteiger partial charge in [-0.1, -0.05) is 0 Å². The fourth-order valence-corrected chi connectivity index (χ4v) is 2.95. The maximum absolute atomic E-state index is 12.6. The highest BCUT2D eigenvalue weighted by atomic mass is 32.2. The number of nitrogens with one attached hydrogen (secondary N) is 1. The third-order valence-electron chi connectivity index (χ3n) is 2.56. The summed E-state index contributed by atoms with van der Waals surface area (Å²) in [6.45, 7) is 0. The molecule has 2 aromatic rings. The molecule has 0 bridgehead atoms. The Kier molecular flexibility index (Phi) is 5.30. The largest absolute Gasteiger partial charge is 0.506 e. The number of rotatable bonds is 5. The van der Waals surface area contributed by atoms with Gasteiger partial charge in [-0.05, 0) is 18.2 Å². The second-order valence-electron chi connectivity index (χ2n) is 4.25. The number of thiazole rings is 1. The molecule has 1 amide bonds. The van der Waals surface area contributed by atoms with Gasteiger partial charge in [0.1, 0.15) is 5.75 Å². The highest BCUT2D eigenvalue weighted by molar-refractivity contribution is 7.99. The molecule has 0 aliphatic carbocycles. The molecule has 0 spiro atoms. The van der Waals surface area contributed by atoms with Crippen LogP contribution in [0.5, 0.6) is 5.75 Å². The van der Waals surface area contributed by atoms with E-state index in [1.807, 2.05) is 5.38 Å². The van der Waals surface area contributed by atoms with Gasteiger partial charge >= 0.3 is 6.18 Å². The monoisotopic (exact) mass is 348 g/mol. The Morgan fingerprint density at radius 3 is 2.82 bits per heavy atom. The van der Waals surface area contributed by atoms with Crippen molar-refractivity contribution in [2.75, 3.05) is 11.1 Å². The van der Waals surface area contributed by atoms with E-state index in [0.717, 1.165) is 17.8 Å². The predicted molar refractivity (Wildman–Crippen MR) is 80.0 cm³/mol. The van der Waals surface area contributed by atoms with E-state index in [1.165, 1.54) is 23.1 Å². The first-order valence-corrected chi connectivity index (χ1v) is 8.11. The van der Waals surface area contributed by atoms with Crippen molar-refractivity contribution in [2.45, 2.75) is 11.9 Å². The van der Waals surface area contributed by atoms with Crippen molar-refractivity contribution in [1.82, 2.24) is 4.98 Å². The van der Waals surface area contributed by atoms with Crippen molar-refractivity contribution in [3.63, 3.8) is 0 Å². The molecule has 0 saturated heterocycles. The van der Waals surface area contributed by atoms with Crippen LogP contribution in [-0.4, -0.2) is 21.8 Å². The third kappa shape index (κ3) is 4.63. The van der Waals surface area contributed by atoms with Crippen molar-refractivity contribution < 1.29 is 23.1 Å². The Bertz CT molecular complexity index is 645. The molecule has 1 aromatic carbocycles. The highest BCUT2D eigenvalue weighted by Crippen LogP contribution is 2.34. The first-order chi connectivity index (χ1) is 10.4. The van der Waals surface area contributed by atoms with Gasteiger partial charge in [-0.25, -0.2) is 4.98 Å². The lowest BCUT2D eigenvalue weighted by atomic mass is 10.2. The minimum atomic E-state index is -4.54. The number of carbonyl (C=O) groups excluding carboxylic acids is 1. The molecule has 22 heavy (non-hydrogen) atoms. The summed E-state index contributed by atoms with van der Waals surface area (Å²) in [7, 11) is 0. The van der Waals surface area contributed by atoms with E-state index in [9.17, 15) is 23.1 Å². The Labute approximate surface area is 132 Å². The summed E-state index contributed by atoms with van der Waals surface area (Å²) in [6, 6.07) is 2.36. The zero-order valence-corrected chi connectivity index (χ0v) is 12.7. The van der Waals surface area contributed by atoms with Crippen LogP contribution in [0.15, 0.2) is 29.1 Å². The summed E-state index contributed by atoms with van der Waals surface area (Å²) >= 11 is 2.72. The van der Waals surface area contributed by atoms with Crippen molar-refractivity contribution in [2.24, 2.45) is 0 Å². The number of alkyl halides is 3. The maximum atomic E-state index is 12.6. The molecular formula is C13H11F3N2O2S2. The maximum Gasteiger partial charge on any atom is 0.416 e. The second-order valence-corrected chi connectivity index (χ2v) is 5.95. The molecule has 0 fully saturated rings. The van der Waals surface area contributed by atoms with E-state index in [0.29, 0.717) is 11.8 Å².